The van der Waals surface area contributed by atoms with E-state index < -0.39 is 24.1 Å². The molecule has 0 heterocycles. The zero-order valence-electron chi connectivity index (χ0n) is 12.8. The molecule has 5 nitrogen and oxygen atoms in total. The van der Waals surface area contributed by atoms with Crippen molar-refractivity contribution in [1.29, 1.82) is 5.26 Å². The maximum absolute atomic E-state index is 14.3. The third-order valence-electron chi connectivity index (χ3n) is 4.72. The molecule has 1 aromatic rings. The number of carbonyl (C=O) groups is 2. The molecule has 0 unspecified atom stereocenters. The predicted octanol–water partition coefficient (Wildman–Crippen LogP) is 2.64. The van der Waals surface area contributed by atoms with Crippen molar-refractivity contribution in [3.05, 3.63) is 29.1 Å². The second-order valence-corrected chi connectivity index (χ2v) is 6.28. The van der Waals surface area contributed by atoms with Crippen molar-refractivity contribution in [2.45, 2.75) is 38.0 Å². The van der Waals surface area contributed by atoms with Crippen LogP contribution >= 0.6 is 0 Å². The van der Waals surface area contributed by atoms with Gasteiger partial charge in [0, 0.05) is 0 Å². The van der Waals surface area contributed by atoms with Gasteiger partial charge in [-0.3, -0.25) is 9.59 Å². The third kappa shape index (κ3) is 2.67. The fourth-order valence-corrected chi connectivity index (χ4v) is 3.52. The van der Waals surface area contributed by atoms with Gasteiger partial charge in [-0.05, 0) is 55.2 Å². The number of nitriles is 1. The molecule has 23 heavy (non-hydrogen) atoms. The summed E-state index contributed by atoms with van der Waals surface area (Å²) in [5.41, 5.74) is 0.743. The second-order valence-electron chi connectivity index (χ2n) is 6.28. The highest BCUT2D eigenvalue weighted by molar-refractivity contribution is 6.02. The summed E-state index contributed by atoms with van der Waals surface area (Å²) in [7, 11) is 0. The number of benzene rings is 1. The first kappa shape index (κ1) is 15.5. The fourth-order valence-electron chi connectivity index (χ4n) is 3.52. The monoisotopic (exact) mass is 316 g/mol. The Bertz CT molecular complexity index is 706. The van der Waals surface area contributed by atoms with E-state index in [4.69, 9.17) is 10.00 Å². The van der Waals surface area contributed by atoms with Gasteiger partial charge in [0.15, 0.2) is 0 Å². The summed E-state index contributed by atoms with van der Waals surface area (Å²) in [5, 5.41) is 11.7. The highest BCUT2D eigenvalue weighted by Gasteiger charge is 2.58. The smallest absolute Gasteiger partial charge is 0.315 e. The molecule has 1 amide bonds. The van der Waals surface area contributed by atoms with Crippen LogP contribution in [0.2, 0.25) is 0 Å². The van der Waals surface area contributed by atoms with Crippen LogP contribution in [0.5, 0.6) is 0 Å². The number of hydrogen-bond acceptors (Lipinski definition) is 4. The molecule has 6 heteroatoms. The molecule has 3 aliphatic carbocycles. The largest absolute Gasteiger partial charge is 0.466 e. The lowest BCUT2D eigenvalue weighted by Crippen LogP contribution is -2.55. The van der Waals surface area contributed by atoms with E-state index in [1.807, 2.05) is 6.07 Å². The predicted molar refractivity (Wildman–Crippen MR) is 80.0 cm³/mol. The Morgan fingerprint density at radius 2 is 2.13 bits per heavy atom. The summed E-state index contributed by atoms with van der Waals surface area (Å²) in [4.78, 5) is 23.2. The van der Waals surface area contributed by atoms with Crippen LogP contribution in [0, 0.1) is 23.1 Å². The van der Waals surface area contributed by atoms with E-state index in [0.29, 0.717) is 11.5 Å². The zero-order valence-corrected chi connectivity index (χ0v) is 12.8. The van der Waals surface area contributed by atoms with Gasteiger partial charge >= 0.3 is 5.97 Å². The van der Waals surface area contributed by atoms with Crippen LogP contribution in [0.3, 0.4) is 0 Å². The number of halogens is 1. The van der Waals surface area contributed by atoms with Crippen molar-refractivity contribution in [1.82, 2.24) is 0 Å². The third-order valence-corrected chi connectivity index (χ3v) is 4.72. The van der Waals surface area contributed by atoms with Gasteiger partial charge in [0.05, 0.1) is 17.9 Å². The Morgan fingerprint density at radius 1 is 1.43 bits per heavy atom. The molecule has 0 aliphatic heterocycles. The lowest BCUT2D eigenvalue weighted by Gasteiger charge is -2.62. The van der Waals surface area contributed by atoms with Gasteiger partial charge in [0.1, 0.15) is 18.3 Å². The number of nitrogens with zero attached hydrogens (tertiary/aromatic N) is 1. The first-order chi connectivity index (χ1) is 11.0. The number of ether oxygens (including phenoxy) is 1. The normalized spacial score (nSPS) is 24.0. The van der Waals surface area contributed by atoms with Gasteiger partial charge in [-0.2, -0.15) is 5.26 Å². The molecule has 3 saturated carbocycles. The first-order valence-corrected chi connectivity index (χ1v) is 7.67. The zero-order chi connectivity index (χ0) is 16.6. The van der Waals surface area contributed by atoms with Crippen LogP contribution in [0.25, 0.3) is 0 Å². The highest BCUT2D eigenvalue weighted by atomic mass is 19.1. The highest BCUT2D eigenvalue weighted by Crippen LogP contribution is 2.65. The standard InChI is InChI=1S/C17H17FN2O3/c1-2-23-16(22)5-15(21)20-14-4-12(13(18)3-11(14)9-19)17-6-10(7-17)8-17/h3-4,10H,2,5-8H2,1H3,(H,20,21). The fraction of sp³-hybridized carbons (Fsp3) is 0.471. The second kappa shape index (κ2) is 5.65. The van der Waals surface area contributed by atoms with E-state index in [2.05, 4.69) is 5.32 Å². The maximum atomic E-state index is 14.3. The van der Waals surface area contributed by atoms with Crippen molar-refractivity contribution >= 4 is 17.6 Å². The number of nitrogens with one attached hydrogen (secondary N) is 1. The van der Waals surface area contributed by atoms with Crippen molar-refractivity contribution in [2.75, 3.05) is 11.9 Å². The van der Waals surface area contributed by atoms with Crippen molar-refractivity contribution in [3.8, 4) is 6.07 Å². The van der Waals surface area contributed by atoms with E-state index >= 15 is 0 Å². The maximum Gasteiger partial charge on any atom is 0.315 e. The van der Waals surface area contributed by atoms with Gasteiger partial charge in [-0.1, -0.05) is 0 Å². The van der Waals surface area contributed by atoms with Crippen LogP contribution in [-0.2, 0) is 19.7 Å². The summed E-state index contributed by atoms with van der Waals surface area (Å²) >= 11 is 0. The molecule has 0 aromatic heterocycles. The molecule has 0 saturated heterocycles. The van der Waals surface area contributed by atoms with Crippen molar-refractivity contribution in [2.24, 2.45) is 5.92 Å². The molecule has 4 rings (SSSR count). The minimum atomic E-state index is -0.634. The Hall–Kier alpha value is -2.42. The Kier molecular flexibility index (Phi) is 3.80. The number of carbonyl (C=O) groups excluding carboxylic acids is 2. The Labute approximate surface area is 133 Å². The van der Waals surface area contributed by atoms with Gasteiger partial charge < -0.3 is 10.1 Å². The quantitative estimate of drug-likeness (QED) is 0.669. The Morgan fingerprint density at radius 3 is 2.65 bits per heavy atom. The molecule has 0 spiro atoms. The van der Waals surface area contributed by atoms with E-state index in [9.17, 15) is 14.0 Å². The summed E-state index contributed by atoms with van der Waals surface area (Å²) < 4.78 is 19.0. The minimum Gasteiger partial charge on any atom is -0.466 e. The van der Waals surface area contributed by atoms with Crippen LogP contribution in [0.15, 0.2) is 12.1 Å². The van der Waals surface area contributed by atoms with Crippen LogP contribution in [0.4, 0.5) is 10.1 Å². The SMILES string of the molecule is CCOC(=O)CC(=O)Nc1cc(C23CC(C2)C3)c(F)cc1C#N. The molecule has 1 aromatic carbocycles. The number of amides is 1. The number of anilines is 1. The van der Waals surface area contributed by atoms with E-state index in [0.717, 1.165) is 25.3 Å². The minimum absolute atomic E-state index is 0.0510. The molecule has 2 bridgehead atoms. The molecular formula is C17H17FN2O3. The van der Waals surface area contributed by atoms with Gasteiger partial charge in [0.25, 0.3) is 0 Å². The van der Waals surface area contributed by atoms with Crippen LogP contribution in [-0.4, -0.2) is 18.5 Å². The van der Waals surface area contributed by atoms with Crippen molar-refractivity contribution < 1.29 is 18.7 Å². The first-order valence-electron chi connectivity index (χ1n) is 7.67. The summed E-state index contributed by atoms with van der Waals surface area (Å²) in [5.74, 6) is -0.921. The summed E-state index contributed by atoms with van der Waals surface area (Å²) in [6, 6.07) is 4.59. The molecular weight excluding hydrogens is 299 g/mol. The molecule has 0 atom stereocenters. The average molecular weight is 316 g/mol. The number of rotatable bonds is 5. The summed E-state index contributed by atoms with van der Waals surface area (Å²) in [6.07, 6.45) is 2.46. The van der Waals surface area contributed by atoms with Crippen molar-refractivity contribution in [3.63, 3.8) is 0 Å². The van der Waals surface area contributed by atoms with E-state index in [-0.39, 0.29) is 23.3 Å². The molecule has 120 valence electrons. The van der Waals surface area contributed by atoms with Gasteiger partial charge in [-0.15, -0.1) is 0 Å². The van der Waals surface area contributed by atoms with Gasteiger partial charge in [-0.25, -0.2) is 4.39 Å². The lowest BCUT2D eigenvalue weighted by atomic mass is 9.42. The number of hydrogen-bond donors (Lipinski definition) is 1. The molecule has 3 aliphatic rings. The van der Waals surface area contributed by atoms with Gasteiger partial charge in [0.2, 0.25) is 5.91 Å². The Balaban J connectivity index is 1.80. The van der Waals surface area contributed by atoms with Crippen LogP contribution < -0.4 is 5.32 Å². The lowest BCUT2D eigenvalue weighted by molar-refractivity contribution is -0.145. The molecule has 1 N–H and O–H groups in total. The van der Waals surface area contributed by atoms with E-state index in [1.165, 1.54) is 0 Å². The average Bonchev–Trinajstić information content (AvgIpc) is 2.38. The molecule has 3 fully saturated rings. The van der Waals surface area contributed by atoms with E-state index in [1.54, 1.807) is 13.0 Å². The molecule has 0 radical (unpaired) electrons. The summed E-state index contributed by atoms with van der Waals surface area (Å²) in [6.45, 7) is 1.85. The van der Waals surface area contributed by atoms with Crippen LogP contribution in [0.1, 0.15) is 43.7 Å². The topological polar surface area (TPSA) is 79.2 Å². The number of esters is 1.